The third-order valence-electron chi connectivity index (χ3n) is 6.36. The summed E-state index contributed by atoms with van der Waals surface area (Å²) in [6.45, 7) is 5.55. The van der Waals surface area contributed by atoms with Crippen LogP contribution in [0, 0.1) is 11.6 Å². The van der Waals surface area contributed by atoms with Gasteiger partial charge >= 0.3 is 6.09 Å². The minimum Gasteiger partial charge on any atom is -0.444 e. The molecule has 0 aliphatic carbocycles. The highest BCUT2D eigenvalue weighted by molar-refractivity contribution is 5.90. The first-order valence-corrected chi connectivity index (χ1v) is 11.9. The molecule has 1 N–H and O–H groups in total. The molecule has 0 spiro atoms. The Morgan fingerprint density at radius 1 is 1.09 bits per heavy atom. The van der Waals surface area contributed by atoms with Crippen molar-refractivity contribution in [2.75, 3.05) is 75.4 Å². The molecule has 10 nitrogen and oxygen atoms in total. The molecule has 35 heavy (non-hydrogen) atoms. The van der Waals surface area contributed by atoms with E-state index in [2.05, 4.69) is 5.43 Å². The molecule has 0 saturated carbocycles. The number of cyclic esters (lactones) is 1. The molecule has 2 amide bonds. The fourth-order valence-electron chi connectivity index (χ4n) is 4.46. The average Bonchev–Trinajstić information content (AvgIpc) is 3.02. The van der Waals surface area contributed by atoms with Crippen LogP contribution >= 0.6 is 0 Å². The van der Waals surface area contributed by atoms with Gasteiger partial charge in [-0.1, -0.05) is 0 Å². The van der Waals surface area contributed by atoms with Gasteiger partial charge in [0.15, 0.2) is 11.6 Å². The number of carbonyl (C=O) groups excluding carboxylic acids is 3. The summed E-state index contributed by atoms with van der Waals surface area (Å²) < 4.78 is 40.7. The number of carbonyl (C=O) groups is 3. The zero-order chi connectivity index (χ0) is 24.9. The Labute approximate surface area is 202 Å². The highest BCUT2D eigenvalue weighted by Gasteiger charge is 2.34. The van der Waals surface area contributed by atoms with Crippen molar-refractivity contribution in [1.29, 1.82) is 0 Å². The van der Waals surface area contributed by atoms with Crippen LogP contribution in [0.25, 0.3) is 0 Å². The van der Waals surface area contributed by atoms with Crippen LogP contribution < -0.4 is 15.2 Å². The minimum atomic E-state index is -0.798. The quantitative estimate of drug-likeness (QED) is 0.602. The van der Waals surface area contributed by atoms with Gasteiger partial charge < -0.3 is 19.2 Å². The second-order valence-electron chi connectivity index (χ2n) is 8.94. The van der Waals surface area contributed by atoms with Gasteiger partial charge in [-0.05, 0) is 13.3 Å². The summed E-state index contributed by atoms with van der Waals surface area (Å²) >= 11 is 0. The standard InChI is InChI=1S/C23H31F2N5O5/c1-16(31)2-3-18-14-29(23(33)35-18)17-12-19(24)22(20(25)13-17)28-5-4-26-30(7-6-28)21(32)15-27-8-10-34-11-9-27/h12-13,18,26H,2-11,14-15H2,1H3/t18-/m0/s1. The van der Waals surface area contributed by atoms with E-state index in [1.54, 1.807) is 4.90 Å². The number of morpholine rings is 1. The van der Waals surface area contributed by atoms with Crippen LogP contribution in [0.2, 0.25) is 0 Å². The van der Waals surface area contributed by atoms with Crippen LogP contribution in [0.3, 0.4) is 0 Å². The molecule has 0 unspecified atom stereocenters. The number of Topliss-reactive ketones (excluding diaryl/α,β-unsaturated/α-hetero) is 1. The van der Waals surface area contributed by atoms with Gasteiger partial charge in [0, 0.05) is 51.3 Å². The predicted octanol–water partition coefficient (Wildman–Crippen LogP) is 1.14. The third kappa shape index (κ3) is 6.24. The van der Waals surface area contributed by atoms with Crippen molar-refractivity contribution in [2.45, 2.75) is 25.9 Å². The van der Waals surface area contributed by atoms with Crippen molar-refractivity contribution in [1.82, 2.24) is 15.3 Å². The van der Waals surface area contributed by atoms with Gasteiger partial charge in [0.25, 0.3) is 5.91 Å². The number of halogens is 2. The number of amides is 2. The van der Waals surface area contributed by atoms with Crippen molar-refractivity contribution in [2.24, 2.45) is 0 Å². The fourth-order valence-corrected chi connectivity index (χ4v) is 4.46. The largest absolute Gasteiger partial charge is 0.444 e. The molecule has 1 aromatic rings. The van der Waals surface area contributed by atoms with E-state index in [9.17, 15) is 14.4 Å². The summed E-state index contributed by atoms with van der Waals surface area (Å²) in [5, 5.41) is 1.50. The van der Waals surface area contributed by atoms with Crippen LogP contribution in [-0.2, 0) is 19.1 Å². The number of nitrogens with zero attached hydrogens (tertiary/aromatic N) is 4. The zero-order valence-corrected chi connectivity index (χ0v) is 19.8. The molecule has 1 aromatic carbocycles. The maximum Gasteiger partial charge on any atom is 0.414 e. The summed E-state index contributed by atoms with van der Waals surface area (Å²) in [7, 11) is 0. The van der Waals surface area contributed by atoms with Gasteiger partial charge in [-0.15, -0.1) is 0 Å². The monoisotopic (exact) mass is 495 g/mol. The Morgan fingerprint density at radius 2 is 1.80 bits per heavy atom. The molecule has 4 rings (SSSR count). The van der Waals surface area contributed by atoms with Crippen LogP contribution in [0.4, 0.5) is 25.0 Å². The first kappa shape index (κ1) is 25.3. The first-order chi connectivity index (χ1) is 16.8. The van der Waals surface area contributed by atoms with E-state index in [0.29, 0.717) is 45.8 Å². The van der Waals surface area contributed by atoms with Crippen molar-refractivity contribution < 1.29 is 32.6 Å². The topological polar surface area (TPSA) is 94.7 Å². The molecule has 0 radical (unpaired) electrons. The number of hydrazine groups is 1. The lowest BCUT2D eigenvalue weighted by Crippen LogP contribution is -2.50. The zero-order valence-electron chi connectivity index (χ0n) is 19.8. The first-order valence-electron chi connectivity index (χ1n) is 11.9. The van der Waals surface area contributed by atoms with E-state index in [1.165, 1.54) is 16.8 Å². The van der Waals surface area contributed by atoms with E-state index in [-0.39, 0.29) is 55.7 Å². The lowest BCUT2D eigenvalue weighted by molar-refractivity contribution is -0.136. The van der Waals surface area contributed by atoms with Crippen molar-refractivity contribution >= 4 is 29.2 Å². The number of hydrogen-bond acceptors (Lipinski definition) is 8. The number of rotatable bonds is 7. The molecule has 1 atom stereocenters. The fraction of sp³-hybridized carbons (Fsp3) is 0.609. The molecular formula is C23H31F2N5O5. The maximum absolute atomic E-state index is 15.1. The Kier molecular flexibility index (Phi) is 8.14. The number of ether oxygens (including phenoxy) is 2. The van der Waals surface area contributed by atoms with Crippen LogP contribution in [0.1, 0.15) is 19.8 Å². The summed E-state index contributed by atoms with van der Waals surface area (Å²) in [6, 6.07) is 2.24. The van der Waals surface area contributed by atoms with Crippen molar-refractivity contribution in [3.63, 3.8) is 0 Å². The number of ketones is 1. The molecule has 0 bridgehead atoms. The number of nitrogens with one attached hydrogen (secondary N) is 1. The second kappa shape index (κ2) is 11.3. The minimum absolute atomic E-state index is 0.0192. The maximum atomic E-state index is 15.1. The smallest absolute Gasteiger partial charge is 0.414 e. The van der Waals surface area contributed by atoms with Crippen LogP contribution in [0.15, 0.2) is 12.1 Å². The molecule has 3 fully saturated rings. The summed E-state index contributed by atoms with van der Waals surface area (Å²) in [5.41, 5.74) is 2.91. The highest BCUT2D eigenvalue weighted by Crippen LogP contribution is 2.31. The van der Waals surface area contributed by atoms with E-state index in [4.69, 9.17) is 9.47 Å². The molecule has 3 aliphatic rings. The normalized spacial score (nSPS) is 21.7. The SMILES string of the molecule is CC(=O)CC[C@H]1CN(c2cc(F)c(N3CCNN(C(=O)CN4CCOCC4)CC3)c(F)c2)C(=O)O1. The van der Waals surface area contributed by atoms with Crippen molar-refractivity contribution in [3.8, 4) is 0 Å². The molecular weight excluding hydrogens is 464 g/mol. The Balaban J connectivity index is 1.39. The highest BCUT2D eigenvalue weighted by atomic mass is 19.1. The van der Waals surface area contributed by atoms with E-state index in [0.717, 1.165) is 12.1 Å². The lowest BCUT2D eigenvalue weighted by Gasteiger charge is -2.29. The van der Waals surface area contributed by atoms with Gasteiger partial charge in [-0.25, -0.2) is 19.0 Å². The van der Waals surface area contributed by atoms with E-state index in [1.807, 2.05) is 4.90 Å². The predicted molar refractivity (Wildman–Crippen MR) is 123 cm³/mol. The number of hydrogen-bond donors (Lipinski definition) is 1. The molecule has 0 aromatic heterocycles. The molecule has 3 aliphatic heterocycles. The number of benzene rings is 1. The van der Waals surface area contributed by atoms with E-state index < -0.39 is 23.8 Å². The average molecular weight is 496 g/mol. The van der Waals surface area contributed by atoms with Gasteiger partial charge in [0.2, 0.25) is 0 Å². The number of anilines is 2. The Morgan fingerprint density at radius 3 is 2.49 bits per heavy atom. The molecule has 3 saturated heterocycles. The van der Waals surface area contributed by atoms with Gasteiger partial charge in [-0.2, -0.15) is 0 Å². The van der Waals surface area contributed by atoms with Crippen LogP contribution in [0.5, 0.6) is 0 Å². The summed E-state index contributed by atoms with van der Waals surface area (Å²) in [6.07, 6.45) is -0.571. The summed E-state index contributed by atoms with van der Waals surface area (Å²) in [5.74, 6) is -1.72. The van der Waals surface area contributed by atoms with Gasteiger partial charge in [0.1, 0.15) is 17.6 Å². The third-order valence-corrected chi connectivity index (χ3v) is 6.36. The molecule has 12 heteroatoms. The van der Waals surface area contributed by atoms with Gasteiger partial charge in [-0.3, -0.25) is 19.6 Å². The molecule has 192 valence electrons. The van der Waals surface area contributed by atoms with E-state index >= 15 is 8.78 Å². The van der Waals surface area contributed by atoms with Crippen molar-refractivity contribution in [3.05, 3.63) is 23.8 Å². The van der Waals surface area contributed by atoms with Crippen LogP contribution in [-0.4, -0.2) is 99.4 Å². The van der Waals surface area contributed by atoms with Gasteiger partial charge in [0.05, 0.1) is 38.5 Å². The Bertz CT molecular complexity index is 935. The lowest BCUT2D eigenvalue weighted by atomic mass is 10.1. The molecule has 3 heterocycles. The second-order valence-corrected chi connectivity index (χ2v) is 8.94. The Hall–Kier alpha value is -2.83. The summed E-state index contributed by atoms with van der Waals surface area (Å²) in [4.78, 5) is 40.9.